The molecule has 0 unspecified atom stereocenters. The number of hydrogen-bond donors (Lipinski definition) is 0. The Hall–Kier alpha value is -5.75. The van der Waals surface area contributed by atoms with Gasteiger partial charge in [-0.2, -0.15) is 0 Å². The molecular weight excluding hydrogens is 574 g/mol. The van der Waals surface area contributed by atoms with Gasteiger partial charge in [0.15, 0.2) is 0 Å². The van der Waals surface area contributed by atoms with Crippen LogP contribution in [-0.4, -0.2) is 40.5 Å². The van der Waals surface area contributed by atoms with E-state index in [4.69, 9.17) is 28.7 Å². The SMILES string of the molecule is COc1ccc(-c2nc(-c3ccccc3OC)c(-c3ccccc3OC)c(-c3ccccc3OC)c2-c2ccccc2OC)cc1. The molecule has 46 heavy (non-hydrogen) atoms. The molecular formula is C40H35NO5. The van der Waals surface area contributed by atoms with Gasteiger partial charge in [-0.1, -0.05) is 66.7 Å². The first-order valence-electron chi connectivity index (χ1n) is 14.9. The van der Waals surface area contributed by atoms with E-state index in [0.717, 1.165) is 61.6 Å². The maximum Gasteiger partial charge on any atom is 0.128 e. The number of methoxy groups -OCH3 is 5. The molecule has 6 rings (SSSR count). The molecule has 0 N–H and O–H groups in total. The Morgan fingerprint density at radius 1 is 0.348 bits per heavy atom. The number of aromatic nitrogens is 1. The van der Waals surface area contributed by atoms with E-state index < -0.39 is 0 Å². The maximum atomic E-state index is 6.04. The zero-order valence-electron chi connectivity index (χ0n) is 26.5. The third kappa shape index (κ3) is 5.50. The molecule has 1 aromatic heterocycles. The van der Waals surface area contributed by atoms with Crippen molar-refractivity contribution in [1.82, 2.24) is 4.98 Å². The molecule has 1 heterocycles. The summed E-state index contributed by atoms with van der Waals surface area (Å²) in [5.74, 6) is 3.59. The Morgan fingerprint density at radius 2 is 0.717 bits per heavy atom. The second-order valence-electron chi connectivity index (χ2n) is 10.5. The van der Waals surface area contributed by atoms with Gasteiger partial charge in [0.1, 0.15) is 28.7 Å². The van der Waals surface area contributed by atoms with Gasteiger partial charge in [0.2, 0.25) is 0 Å². The van der Waals surface area contributed by atoms with Gasteiger partial charge in [-0.25, -0.2) is 4.98 Å². The predicted octanol–water partition coefficient (Wildman–Crippen LogP) is 9.46. The van der Waals surface area contributed by atoms with Crippen LogP contribution in [0.1, 0.15) is 0 Å². The molecule has 0 aliphatic rings. The van der Waals surface area contributed by atoms with Gasteiger partial charge in [-0.15, -0.1) is 0 Å². The van der Waals surface area contributed by atoms with Crippen LogP contribution < -0.4 is 23.7 Å². The summed E-state index contributed by atoms with van der Waals surface area (Å²) in [7, 11) is 8.40. The minimum absolute atomic E-state index is 0.697. The van der Waals surface area contributed by atoms with Gasteiger partial charge in [0, 0.05) is 44.5 Å². The van der Waals surface area contributed by atoms with Gasteiger partial charge < -0.3 is 23.7 Å². The van der Waals surface area contributed by atoms with Gasteiger partial charge >= 0.3 is 0 Å². The van der Waals surface area contributed by atoms with Crippen LogP contribution in [0.4, 0.5) is 0 Å². The van der Waals surface area contributed by atoms with Crippen LogP contribution in [0.3, 0.4) is 0 Å². The maximum absolute atomic E-state index is 6.04. The van der Waals surface area contributed by atoms with E-state index in [-0.39, 0.29) is 0 Å². The molecule has 230 valence electrons. The molecule has 0 bridgehead atoms. The third-order valence-corrected chi connectivity index (χ3v) is 8.05. The van der Waals surface area contributed by atoms with E-state index in [1.807, 2.05) is 103 Å². The number of ether oxygens (including phenoxy) is 5. The highest BCUT2D eigenvalue weighted by molar-refractivity contribution is 6.07. The first kappa shape index (κ1) is 30.3. The molecule has 0 spiro atoms. The summed E-state index contributed by atoms with van der Waals surface area (Å²) in [6.45, 7) is 0. The van der Waals surface area contributed by atoms with E-state index in [0.29, 0.717) is 23.0 Å². The fourth-order valence-electron chi connectivity index (χ4n) is 5.93. The van der Waals surface area contributed by atoms with E-state index in [2.05, 4.69) is 18.2 Å². The number of rotatable bonds is 10. The Morgan fingerprint density at radius 3 is 1.15 bits per heavy atom. The molecule has 6 heteroatoms. The highest BCUT2D eigenvalue weighted by Gasteiger charge is 2.30. The number of pyridine rings is 1. The van der Waals surface area contributed by atoms with Crippen molar-refractivity contribution in [3.8, 4) is 84.6 Å². The summed E-state index contributed by atoms with van der Waals surface area (Å²) in [6.07, 6.45) is 0. The molecule has 0 aliphatic heterocycles. The van der Waals surface area contributed by atoms with Crippen molar-refractivity contribution in [2.75, 3.05) is 35.5 Å². The van der Waals surface area contributed by atoms with Crippen LogP contribution in [0.2, 0.25) is 0 Å². The molecule has 0 aliphatic carbocycles. The van der Waals surface area contributed by atoms with E-state index in [9.17, 15) is 0 Å². The van der Waals surface area contributed by atoms with Crippen molar-refractivity contribution in [1.29, 1.82) is 0 Å². The molecule has 0 saturated heterocycles. The zero-order valence-corrected chi connectivity index (χ0v) is 26.5. The minimum atomic E-state index is 0.697. The van der Waals surface area contributed by atoms with Crippen molar-refractivity contribution >= 4 is 0 Å². The predicted molar refractivity (Wildman–Crippen MR) is 184 cm³/mol. The monoisotopic (exact) mass is 609 g/mol. The summed E-state index contributed by atoms with van der Waals surface area (Å²) >= 11 is 0. The molecule has 0 atom stereocenters. The van der Waals surface area contributed by atoms with Crippen molar-refractivity contribution < 1.29 is 23.7 Å². The van der Waals surface area contributed by atoms with Crippen LogP contribution in [0.25, 0.3) is 55.9 Å². The quantitative estimate of drug-likeness (QED) is 0.154. The highest BCUT2D eigenvalue weighted by atomic mass is 16.5. The molecule has 0 saturated carbocycles. The summed E-state index contributed by atoms with van der Waals surface area (Å²) < 4.78 is 29.5. The second kappa shape index (κ2) is 13.5. The number of benzene rings is 5. The molecule has 0 radical (unpaired) electrons. The van der Waals surface area contributed by atoms with Gasteiger partial charge in [0.05, 0.1) is 46.9 Å². The van der Waals surface area contributed by atoms with Gasteiger partial charge in [-0.05, 0) is 54.6 Å². The van der Waals surface area contributed by atoms with Crippen molar-refractivity contribution in [2.24, 2.45) is 0 Å². The van der Waals surface area contributed by atoms with Crippen molar-refractivity contribution in [3.63, 3.8) is 0 Å². The average molecular weight is 610 g/mol. The number of hydrogen-bond acceptors (Lipinski definition) is 6. The molecule has 0 fully saturated rings. The second-order valence-corrected chi connectivity index (χ2v) is 10.5. The topological polar surface area (TPSA) is 59.0 Å². The summed E-state index contributed by atoms with van der Waals surface area (Å²) in [4.78, 5) is 5.55. The van der Waals surface area contributed by atoms with Gasteiger partial charge in [0.25, 0.3) is 0 Å². The largest absolute Gasteiger partial charge is 0.497 e. The fourth-order valence-corrected chi connectivity index (χ4v) is 5.93. The Bertz CT molecular complexity index is 1980. The normalized spacial score (nSPS) is 10.7. The lowest BCUT2D eigenvalue weighted by molar-refractivity contribution is 0.415. The van der Waals surface area contributed by atoms with Crippen LogP contribution in [0.5, 0.6) is 28.7 Å². The lowest BCUT2D eigenvalue weighted by atomic mass is 9.82. The van der Waals surface area contributed by atoms with Crippen molar-refractivity contribution in [2.45, 2.75) is 0 Å². The van der Waals surface area contributed by atoms with E-state index in [1.54, 1.807) is 35.5 Å². The van der Waals surface area contributed by atoms with Crippen LogP contribution in [-0.2, 0) is 0 Å². The number of nitrogens with zero attached hydrogens (tertiary/aromatic N) is 1. The summed E-state index contributed by atoms with van der Waals surface area (Å²) in [5, 5.41) is 0. The smallest absolute Gasteiger partial charge is 0.128 e. The lowest BCUT2D eigenvalue weighted by Crippen LogP contribution is -2.04. The highest BCUT2D eigenvalue weighted by Crippen LogP contribution is 2.54. The van der Waals surface area contributed by atoms with Crippen LogP contribution in [0, 0.1) is 0 Å². The van der Waals surface area contributed by atoms with Crippen LogP contribution >= 0.6 is 0 Å². The lowest BCUT2D eigenvalue weighted by Gasteiger charge is -2.26. The first-order valence-corrected chi connectivity index (χ1v) is 14.9. The van der Waals surface area contributed by atoms with E-state index >= 15 is 0 Å². The standard InChI is InChI=1S/C40H35NO5/c1-42-27-24-22-26(23-25-27)39-37(29-15-7-11-19-33(29)44-3)36(28-14-6-10-18-32(28)43-2)38(30-16-8-12-20-34(30)45-4)40(41-39)31-17-9-13-21-35(31)46-5/h6-25H,1-5H3. The van der Waals surface area contributed by atoms with E-state index in [1.165, 1.54) is 0 Å². The third-order valence-electron chi connectivity index (χ3n) is 8.05. The molecule has 6 nitrogen and oxygen atoms in total. The van der Waals surface area contributed by atoms with Crippen LogP contribution in [0.15, 0.2) is 121 Å². The van der Waals surface area contributed by atoms with Gasteiger partial charge in [-0.3, -0.25) is 0 Å². The average Bonchev–Trinajstić information content (AvgIpc) is 3.13. The molecule has 5 aromatic carbocycles. The number of para-hydroxylation sites is 4. The first-order chi connectivity index (χ1) is 22.6. The Kier molecular flexibility index (Phi) is 8.88. The van der Waals surface area contributed by atoms with Crippen molar-refractivity contribution in [3.05, 3.63) is 121 Å². The molecule has 6 aromatic rings. The summed E-state index contributed by atoms with van der Waals surface area (Å²) in [6, 6.07) is 40.0. The Labute approximate surface area is 269 Å². The Balaban J connectivity index is 1.92. The minimum Gasteiger partial charge on any atom is -0.497 e. The zero-order chi connectivity index (χ0) is 32.0. The fraction of sp³-hybridized carbons (Fsp3) is 0.125. The molecule has 0 amide bonds. The summed E-state index contributed by atoms with van der Waals surface area (Å²) in [5.41, 5.74) is 8.53.